The first kappa shape index (κ1) is 25.6. The van der Waals surface area contributed by atoms with E-state index in [9.17, 15) is 9.59 Å². The van der Waals surface area contributed by atoms with Crippen molar-refractivity contribution in [2.24, 2.45) is 0 Å². The highest BCUT2D eigenvalue weighted by molar-refractivity contribution is 9.10. The molecule has 6 nitrogen and oxygen atoms in total. The normalized spacial score (nSPS) is 14.7. The molecule has 10 heteroatoms. The molecule has 0 radical (unpaired) electrons. The molecule has 0 spiro atoms. The number of rotatable bonds is 9. The van der Waals surface area contributed by atoms with Crippen LogP contribution in [0.2, 0.25) is 5.02 Å². The van der Waals surface area contributed by atoms with E-state index in [1.807, 2.05) is 43.3 Å². The third-order valence-electron chi connectivity index (χ3n) is 4.57. The van der Waals surface area contributed by atoms with E-state index in [-0.39, 0.29) is 18.9 Å². The van der Waals surface area contributed by atoms with Crippen molar-refractivity contribution >= 4 is 73.8 Å². The number of benzene rings is 2. The van der Waals surface area contributed by atoms with Gasteiger partial charge in [0.2, 0.25) is 0 Å². The summed E-state index contributed by atoms with van der Waals surface area (Å²) < 4.78 is 17.5. The van der Waals surface area contributed by atoms with Gasteiger partial charge in [-0.1, -0.05) is 47.7 Å². The standard InChI is InChI=1S/C23H21BrClNO5S2/c1-3-30-18-11-15(10-17(24)21(18)31-13-14-4-6-16(25)7-5-14)12-19-22(28)26(23(32)33-19)9-8-20(27)29-2/h4-7,10-12H,3,8-9,13H2,1-2H3/b19-12-. The molecular weight excluding hydrogens is 550 g/mol. The maximum atomic E-state index is 12.8. The van der Waals surface area contributed by atoms with Gasteiger partial charge in [-0.15, -0.1) is 0 Å². The van der Waals surface area contributed by atoms with E-state index in [4.69, 9.17) is 33.3 Å². The van der Waals surface area contributed by atoms with E-state index in [2.05, 4.69) is 20.7 Å². The minimum atomic E-state index is -0.396. The average Bonchev–Trinajstić information content (AvgIpc) is 3.05. The highest BCUT2D eigenvalue weighted by atomic mass is 79.9. The van der Waals surface area contributed by atoms with Gasteiger partial charge in [0.1, 0.15) is 10.9 Å². The van der Waals surface area contributed by atoms with Gasteiger partial charge >= 0.3 is 5.97 Å². The molecule has 33 heavy (non-hydrogen) atoms. The van der Waals surface area contributed by atoms with Crippen LogP contribution in [0.4, 0.5) is 0 Å². The van der Waals surface area contributed by atoms with Crippen molar-refractivity contribution in [3.63, 3.8) is 0 Å². The molecule has 0 bridgehead atoms. The number of hydrogen-bond donors (Lipinski definition) is 0. The van der Waals surface area contributed by atoms with Gasteiger partial charge in [-0.3, -0.25) is 14.5 Å². The Morgan fingerprint density at radius 1 is 1.24 bits per heavy atom. The summed E-state index contributed by atoms with van der Waals surface area (Å²) in [7, 11) is 1.31. The van der Waals surface area contributed by atoms with Crippen LogP contribution in [0.25, 0.3) is 6.08 Å². The second-order valence-electron chi connectivity index (χ2n) is 6.84. The summed E-state index contributed by atoms with van der Waals surface area (Å²) in [5.74, 6) is 0.474. The van der Waals surface area contributed by atoms with E-state index in [1.54, 1.807) is 6.08 Å². The van der Waals surface area contributed by atoms with E-state index in [1.165, 1.54) is 23.8 Å². The molecule has 1 aliphatic heterocycles. The number of methoxy groups -OCH3 is 1. The monoisotopic (exact) mass is 569 g/mol. The third-order valence-corrected chi connectivity index (χ3v) is 6.79. The quantitative estimate of drug-likeness (QED) is 0.213. The Morgan fingerprint density at radius 2 is 1.97 bits per heavy atom. The van der Waals surface area contributed by atoms with Crippen LogP contribution >= 0.6 is 51.5 Å². The van der Waals surface area contributed by atoms with Crippen LogP contribution in [0, 0.1) is 0 Å². The lowest BCUT2D eigenvalue weighted by molar-refractivity contribution is -0.140. The lowest BCUT2D eigenvalue weighted by atomic mass is 10.1. The molecule has 1 saturated heterocycles. The summed E-state index contributed by atoms with van der Waals surface area (Å²) in [6.07, 6.45) is 1.82. The Hall–Kier alpha value is -2.07. The number of nitrogens with zero attached hydrogens (tertiary/aromatic N) is 1. The Balaban J connectivity index is 1.80. The fourth-order valence-electron chi connectivity index (χ4n) is 2.96. The second kappa shape index (κ2) is 11.9. The van der Waals surface area contributed by atoms with Gasteiger partial charge in [-0.2, -0.15) is 0 Å². The van der Waals surface area contributed by atoms with Crippen LogP contribution < -0.4 is 9.47 Å². The van der Waals surface area contributed by atoms with Crippen LogP contribution in [0.15, 0.2) is 45.8 Å². The first-order chi connectivity index (χ1) is 15.8. The number of esters is 1. The molecular formula is C23H21BrClNO5S2. The molecule has 2 aromatic carbocycles. The van der Waals surface area contributed by atoms with Crippen molar-refractivity contribution in [1.82, 2.24) is 4.90 Å². The number of thiocarbonyl (C=S) groups is 1. The summed E-state index contributed by atoms with van der Waals surface area (Å²) in [4.78, 5) is 26.1. The average molecular weight is 571 g/mol. The van der Waals surface area contributed by atoms with E-state index in [0.717, 1.165) is 11.1 Å². The molecule has 3 rings (SSSR count). The Bertz CT molecular complexity index is 1090. The van der Waals surface area contributed by atoms with E-state index in [0.29, 0.717) is 43.4 Å². The number of amides is 1. The number of halogens is 2. The molecule has 0 N–H and O–H groups in total. The predicted molar refractivity (Wildman–Crippen MR) is 138 cm³/mol. The second-order valence-corrected chi connectivity index (χ2v) is 9.80. The first-order valence-electron chi connectivity index (χ1n) is 9.98. The maximum Gasteiger partial charge on any atom is 0.307 e. The molecule has 0 aromatic heterocycles. The zero-order chi connectivity index (χ0) is 24.0. The van der Waals surface area contributed by atoms with E-state index < -0.39 is 5.97 Å². The maximum absolute atomic E-state index is 12.8. The van der Waals surface area contributed by atoms with Gasteiger partial charge in [-0.05, 0) is 64.3 Å². The number of ether oxygens (including phenoxy) is 3. The summed E-state index contributed by atoms with van der Waals surface area (Å²) in [5, 5.41) is 0.662. The van der Waals surface area contributed by atoms with Crippen LogP contribution in [0.3, 0.4) is 0 Å². The molecule has 0 atom stereocenters. The van der Waals surface area contributed by atoms with Gasteiger partial charge in [0, 0.05) is 11.6 Å². The largest absolute Gasteiger partial charge is 0.490 e. The zero-order valence-electron chi connectivity index (χ0n) is 17.9. The van der Waals surface area contributed by atoms with Crippen molar-refractivity contribution in [3.05, 3.63) is 61.9 Å². The lowest BCUT2D eigenvalue weighted by Crippen LogP contribution is -2.30. The molecule has 1 fully saturated rings. The number of carbonyl (C=O) groups excluding carboxylic acids is 2. The minimum absolute atomic E-state index is 0.0793. The smallest absolute Gasteiger partial charge is 0.307 e. The Labute approximate surface area is 215 Å². The van der Waals surface area contributed by atoms with Crippen LogP contribution in [0.1, 0.15) is 24.5 Å². The number of carbonyl (C=O) groups is 2. The third kappa shape index (κ3) is 6.72. The summed E-state index contributed by atoms with van der Waals surface area (Å²) in [6.45, 7) is 2.85. The van der Waals surface area contributed by atoms with Crippen LogP contribution in [-0.4, -0.2) is 41.4 Å². The highest BCUT2D eigenvalue weighted by Gasteiger charge is 2.32. The Morgan fingerprint density at radius 3 is 2.64 bits per heavy atom. The van der Waals surface area contributed by atoms with Crippen molar-refractivity contribution < 1.29 is 23.8 Å². The van der Waals surface area contributed by atoms with Crippen molar-refractivity contribution in [2.75, 3.05) is 20.3 Å². The number of hydrogen-bond acceptors (Lipinski definition) is 7. The summed E-state index contributed by atoms with van der Waals surface area (Å²) in [6, 6.07) is 11.1. The van der Waals surface area contributed by atoms with Gasteiger partial charge in [0.15, 0.2) is 11.5 Å². The zero-order valence-corrected chi connectivity index (χ0v) is 21.9. The van der Waals surface area contributed by atoms with Crippen molar-refractivity contribution in [1.29, 1.82) is 0 Å². The van der Waals surface area contributed by atoms with Crippen molar-refractivity contribution in [2.45, 2.75) is 20.0 Å². The van der Waals surface area contributed by atoms with Gasteiger partial charge in [0.25, 0.3) is 5.91 Å². The SMILES string of the molecule is CCOc1cc(/C=C2\SC(=S)N(CCC(=O)OC)C2=O)cc(Br)c1OCc1ccc(Cl)cc1. The van der Waals surface area contributed by atoms with E-state index >= 15 is 0 Å². The molecule has 0 saturated carbocycles. The molecule has 0 unspecified atom stereocenters. The fourth-order valence-corrected chi connectivity index (χ4v) is 4.97. The van der Waals surface area contributed by atoms with Gasteiger partial charge in [-0.25, -0.2) is 0 Å². The van der Waals surface area contributed by atoms with Crippen LogP contribution in [0.5, 0.6) is 11.5 Å². The molecule has 1 aliphatic rings. The summed E-state index contributed by atoms with van der Waals surface area (Å²) >= 11 is 16.0. The molecule has 1 amide bonds. The van der Waals surface area contributed by atoms with Crippen molar-refractivity contribution in [3.8, 4) is 11.5 Å². The molecule has 1 heterocycles. The minimum Gasteiger partial charge on any atom is -0.490 e. The molecule has 174 valence electrons. The molecule has 2 aromatic rings. The lowest BCUT2D eigenvalue weighted by Gasteiger charge is -2.15. The van der Waals surface area contributed by atoms with Gasteiger partial charge < -0.3 is 14.2 Å². The molecule has 0 aliphatic carbocycles. The number of thioether (sulfide) groups is 1. The first-order valence-corrected chi connectivity index (χ1v) is 12.4. The topological polar surface area (TPSA) is 65.1 Å². The van der Waals surface area contributed by atoms with Gasteiger partial charge in [0.05, 0.1) is 29.5 Å². The highest BCUT2D eigenvalue weighted by Crippen LogP contribution is 2.40. The van der Waals surface area contributed by atoms with Crippen LogP contribution in [-0.2, 0) is 20.9 Å². The summed E-state index contributed by atoms with van der Waals surface area (Å²) in [5.41, 5.74) is 1.71. The fraction of sp³-hybridized carbons (Fsp3) is 0.261. The predicted octanol–water partition coefficient (Wildman–Crippen LogP) is 5.84. The Kier molecular flexibility index (Phi) is 9.19.